The van der Waals surface area contributed by atoms with Gasteiger partial charge in [0.1, 0.15) is 6.04 Å². The van der Waals surface area contributed by atoms with E-state index in [0.29, 0.717) is 19.6 Å². The van der Waals surface area contributed by atoms with Crippen LogP contribution in [0.25, 0.3) is 0 Å². The van der Waals surface area contributed by atoms with E-state index in [2.05, 4.69) is 17.0 Å². The second-order valence-corrected chi connectivity index (χ2v) is 8.05. The van der Waals surface area contributed by atoms with Crippen molar-refractivity contribution in [2.24, 2.45) is 0 Å². The van der Waals surface area contributed by atoms with Crippen molar-refractivity contribution in [1.82, 2.24) is 9.80 Å². The Morgan fingerprint density at radius 3 is 1.91 bits per heavy atom. The van der Waals surface area contributed by atoms with Gasteiger partial charge in [0.25, 0.3) is 0 Å². The van der Waals surface area contributed by atoms with Gasteiger partial charge in [0.15, 0.2) is 0 Å². The minimum absolute atomic E-state index is 0.0721. The number of nitrogens with zero attached hydrogens (tertiary/aromatic N) is 2. The highest BCUT2D eigenvalue weighted by molar-refractivity contribution is 5.91. The molecule has 32 heavy (non-hydrogen) atoms. The van der Waals surface area contributed by atoms with E-state index < -0.39 is 12.0 Å². The molecule has 3 aromatic carbocycles. The first-order valence-electron chi connectivity index (χ1n) is 10.9. The third kappa shape index (κ3) is 4.89. The maximum absolute atomic E-state index is 13.9. The van der Waals surface area contributed by atoms with E-state index in [-0.39, 0.29) is 11.9 Å². The van der Waals surface area contributed by atoms with Crippen LogP contribution >= 0.6 is 0 Å². The number of benzene rings is 3. The molecule has 3 aromatic rings. The van der Waals surface area contributed by atoms with Crippen LogP contribution < -0.4 is 0 Å². The highest BCUT2D eigenvalue weighted by Gasteiger charge is 2.39. The van der Waals surface area contributed by atoms with E-state index in [4.69, 9.17) is 4.74 Å². The number of amides is 1. The Labute approximate surface area is 189 Å². The van der Waals surface area contributed by atoms with Crippen molar-refractivity contribution < 1.29 is 14.3 Å². The van der Waals surface area contributed by atoms with Gasteiger partial charge in [-0.3, -0.25) is 9.69 Å². The van der Waals surface area contributed by atoms with Crippen LogP contribution in [0.3, 0.4) is 0 Å². The van der Waals surface area contributed by atoms with Crippen LogP contribution in [0.5, 0.6) is 0 Å². The molecular weight excluding hydrogens is 400 g/mol. The Hall–Kier alpha value is -3.44. The van der Waals surface area contributed by atoms with Crippen LogP contribution in [0.1, 0.15) is 22.6 Å². The summed E-state index contributed by atoms with van der Waals surface area (Å²) in [5.41, 5.74) is 3.01. The van der Waals surface area contributed by atoms with Gasteiger partial charge in [-0.25, -0.2) is 4.79 Å². The molecule has 1 saturated heterocycles. The maximum atomic E-state index is 13.9. The van der Waals surface area contributed by atoms with Gasteiger partial charge in [0.2, 0.25) is 5.91 Å². The minimum atomic E-state index is -0.639. The van der Waals surface area contributed by atoms with Crippen molar-refractivity contribution in [2.75, 3.05) is 26.7 Å². The fourth-order valence-corrected chi connectivity index (χ4v) is 4.36. The lowest BCUT2D eigenvalue weighted by molar-refractivity contribution is -0.156. The molecule has 1 aliphatic heterocycles. The summed E-state index contributed by atoms with van der Waals surface area (Å²) >= 11 is 0. The normalized spacial score (nSPS) is 16.7. The molecule has 0 unspecified atom stereocenters. The highest BCUT2D eigenvalue weighted by atomic mass is 16.5. The van der Waals surface area contributed by atoms with E-state index in [1.54, 1.807) is 4.90 Å². The number of carbonyl (C=O) groups excluding carboxylic acids is 2. The van der Waals surface area contributed by atoms with Gasteiger partial charge in [-0.15, -0.1) is 0 Å². The molecule has 0 bridgehead atoms. The van der Waals surface area contributed by atoms with Gasteiger partial charge in [-0.2, -0.15) is 0 Å². The van der Waals surface area contributed by atoms with E-state index in [1.807, 2.05) is 78.9 Å². The summed E-state index contributed by atoms with van der Waals surface area (Å²) in [6.07, 6.45) is 0. The Balaban J connectivity index is 1.60. The van der Waals surface area contributed by atoms with Crippen LogP contribution in [-0.4, -0.2) is 54.5 Å². The Bertz CT molecular complexity index is 985. The Morgan fingerprint density at radius 1 is 0.844 bits per heavy atom. The zero-order valence-electron chi connectivity index (χ0n) is 18.3. The van der Waals surface area contributed by atoms with E-state index >= 15 is 0 Å². The van der Waals surface area contributed by atoms with Gasteiger partial charge >= 0.3 is 5.97 Å². The number of hydrogen-bond acceptors (Lipinski definition) is 4. The van der Waals surface area contributed by atoms with Crippen LogP contribution in [0.2, 0.25) is 0 Å². The Kier molecular flexibility index (Phi) is 6.97. The molecule has 1 heterocycles. The molecule has 1 aliphatic rings. The monoisotopic (exact) mass is 428 g/mol. The number of esters is 1. The maximum Gasteiger partial charge on any atom is 0.329 e. The molecule has 1 atom stereocenters. The largest absolute Gasteiger partial charge is 0.467 e. The molecular formula is C27H28N2O3. The molecule has 0 aliphatic carbocycles. The van der Waals surface area contributed by atoms with Crippen molar-refractivity contribution in [3.05, 3.63) is 108 Å². The molecule has 0 radical (unpaired) electrons. The second-order valence-electron chi connectivity index (χ2n) is 8.05. The SMILES string of the molecule is COC(=O)[C@@H]1CN(Cc2ccccc2)CCN1C(=O)C(c1ccccc1)c1ccccc1. The summed E-state index contributed by atoms with van der Waals surface area (Å²) < 4.78 is 5.10. The number of piperazine rings is 1. The van der Waals surface area contributed by atoms with Gasteiger partial charge in [0, 0.05) is 26.2 Å². The molecule has 5 nitrogen and oxygen atoms in total. The molecule has 0 N–H and O–H groups in total. The summed E-state index contributed by atoms with van der Waals surface area (Å²) in [6.45, 7) is 2.35. The number of rotatable bonds is 6. The van der Waals surface area contributed by atoms with Crippen LogP contribution in [0.15, 0.2) is 91.0 Å². The first-order chi connectivity index (χ1) is 15.7. The lowest BCUT2D eigenvalue weighted by atomic mass is 9.89. The Morgan fingerprint density at radius 2 is 1.38 bits per heavy atom. The number of carbonyl (C=O) groups is 2. The lowest BCUT2D eigenvalue weighted by Gasteiger charge is -2.41. The smallest absolute Gasteiger partial charge is 0.329 e. The van der Waals surface area contributed by atoms with Crippen molar-refractivity contribution in [1.29, 1.82) is 0 Å². The first-order valence-corrected chi connectivity index (χ1v) is 10.9. The minimum Gasteiger partial charge on any atom is -0.467 e. The molecule has 1 amide bonds. The summed E-state index contributed by atoms with van der Waals surface area (Å²) in [4.78, 5) is 30.5. The molecule has 0 aromatic heterocycles. The van der Waals surface area contributed by atoms with Crippen LogP contribution in [0.4, 0.5) is 0 Å². The quantitative estimate of drug-likeness (QED) is 0.562. The predicted molar refractivity (Wildman–Crippen MR) is 124 cm³/mol. The third-order valence-electron chi connectivity index (χ3n) is 5.98. The number of methoxy groups -OCH3 is 1. The highest BCUT2D eigenvalue weighted by Crippen LogP contribution is 2.29. The average Bonchev–Trinajstić information content (AvgIpc) is 2.85. The summed E-state index contributed by atoms with van der Waals surface area (Å²) in [5, 5.41) is 0. The summed E-state index contributed by atoms with van der Waals surface area (Å²) in [6, 6.07) is 29.0. The third-order valence-corrected chi connectivity index (χ3v) is 5.98. The lowest BCUT2D eigenvalue weighted by Crippen LogP contribution is -2.59. The van der Waals surface area contributed by atoms with E-state index in [0.717, 1.165) is 17.7 Å². The van der Waals surface area contributed by atoms with Gasteiger partial charge < -0.3 is 9.64 Å². The van der Waals surface area contributed by atoms with Crippen molar-refractivity contribution >= 4 is 11.9 Å². The topological polar surface area (TPSA) is 49.9 Å². The van der Waals surface area contributed by atoms with Gasteiger partial charge in [-0.1, -0.05) is 91.0 Å². The predicted octanol–water partition coefficient (Wildman–Crippen LogP) is 3.70. The molecule has 4 rings (SSSR count). The fraction of sp³-hybridized carbons (Fsp3) is 0.259. The number of ether oxygens (including phenoxy) is 1. The fourth-order valence-electron chi connectivity index (χ4n) is 4.36. The molecule has 0 saturated carbocycles. The standard InChI is InChI=1S/C27H28N2O3/c1-32-27(31)24-20-28(19-21-11-5-2-6-12-21)17-18-29(24)26(30)25(22-13-7-3-8-14-22)23-15-9-4-10-16-23/h2-16,24-25H,17-20H2,1H3/t24-/m0/s1. The zero-order valence-corrected chi connectivity index (χ0v) is 18.3. The summed E-state index contributed by atoms with van der Waals surface area (Å²) in [7, 11) is 1.38. The van der Waals surface area contributed by atoms with Crippen LogP contribution in [-0.2, 0) is 20.9 Å². The van der Waals surface area contributed by atoms with Crippen molar-refractivity contribution in [3.8, 4) is 0 Å². The van der Waals surface area contributed by atoms with Gasteiger partial charge in [0.05, 0.1) is 13.0 Å². The first kappa shape index (κ1) is 21.8. The van der Waals surface area contributed by atoms with Crippen LogP contribution in [0, 0.1) is 0 Å². The van der Waals surface area contributed by atoms with Crippen molar-refractivity contribution in [2.45, 2.75) is 18.5 Å². The number of hydrogen-bond donors (Lipinski definition) is 0. The molecule has 5 heteroatoms. The second kappa shape index (κ2) is 10.2. The summed E-state index contributed by atoms with van der Waals surface area (Å²) in [5.74, 6) is -0.918. The van der Waals surface area contributed by atoms with Gasteiger partial charge in [-0.05, 0) is 16.7 Å². The van der Waals surface area contributed by atoms with E-state index in [1.165, 1.54) is 12.7 Å². The average molecular weight is 429 g/mol. The zero-order chi connectivity index (χ0) is 22.3. The molecule has 164 valence electrons. The van der Waals surface area contributed by atoms with Crippen molar-refractivity contribution in [3.63, 3.8) is 0 Å². The molecule has 1 fully saturated rings. The molecule has 0 spiro atoms. The van der Waals surface area contributed by atoms with E-state index in [9.17, 15) is 9.59 Å².